The van der Waals surface area contributed by atoms with Crippen LogP contribution in [0.3, 0.4) is 0 Å². The quantitative estimate of drug-likeness (QED) is 0.785. The van der Waals surface area contributed by atoms with E-state index in [2.05, 4.69) is 0 Å². The van der Waals surface area contributed by atoms with Crippen LogP contribution >= 0.6 is 23.2 Å². The van der Waals surface area contributed by atoms with Gasteiger partial charge in [-0.25, -0.2) is 8.42 Å². The Morgan fingerprint density at radius 3 is 2.76 bits per heavy atom. The number of carbonyl (C=O) groups is 1. The predicted octanol–water partition coefficient (Wildman–Crippen LogP) is 2.57. The molecule has 2 rings (SSSR count). The highest BCUT2D eigenvalue weighted by molar-refractivity contribution is 7.89. The molecule has 1 fully saturated rings. The Kier molecular flexibility index (Phi) is 5.14. The first-order valence-electron chi connectivity index (χ1n) is 6.39. The van der Waals surface area contributed by atoms with Gasteiger partial charge in [-0.3, -0.25) is 4.79 Å². The molecule has 0 radical (unpaired) electrons. The standard InChI is InChI=1S/C13H15Cl2NO4S/c1-20-13(17)9-3-2-6-16(8-9)21(18,19)12-7-10(14)4-5-11(12)15/h4-5,7,9H,2-3,6,8H2,1H3/t9-/m0/s1. The number of halogens is 2. The molecular formula is C13H15Cl2NO4S. The van der Waals surface area contributed by atoms with E-state index >= 15 is 0 Å². The van der Waals surface area contributed by atoms with Gasteiger partial charge in [0.1, 0.15) is 4.90 Å². The lowest BCUT2D eigenvalue weighted by Gasteiger charge is -2.30. The second kappa shape index (κ2) is 6.52. The van der Waals surface area contributed by atoms with Crippen LogP contribution in [0, 0.1) is 5.92 Å². The molecule has 0 amide bonds. The minimum atomic E-state index is -3.78. The zero-order valence-electron chi connectivity index (χ0n) is 11.4. The van der Waals surface area contributed by atoms with Crippen molar-refractivity contribution in [1.29, 1.82) is 0 Å². The Bertz CT molecular complexity index is 648. The molecule has 0 aliphatic carbocycles. The van der Waals surface area contributed by atoms with Gasteiger partial charge >= 0.3 is 5.97 Å². The van der Waals surface area contributed by atoms with Gasteiger partial charge in [-0.05, 0) is 31.0 Å². The van der Waals surface area contributed by atoms with Crippen molar-refractivity contribution in [3.63, 3.8) is 0 Å². The average Bonchev–Trinajstić information content (AvgIpc) is 2.49. The molecule has 21 heavy (non-hydrogen) atoms. The summed E-state index contributed by atoms with van der Waals surface area (Å²) < 4.78 is 31.2. The van der Waals surface area contributed by atoms with Crippen molar-refractivity contribution in [2.75, 3.05) is 20.2 Å². The zero-order valence-corrected chi connectivity index (χ0v) is 13.7. The van der Waals surface area contributed by atoms with Gasteiger partial charge in [-0.15, -0.1) is 0 Å². The van der Waals surface area contributed by atoms with Gasteiger partial charge in [0.25, 0.3) is 0 Å². The SMILES string of the molecule is COC(=O)[C@H]1CCCN(S(=O)(=O)c2cc(Cl)ccc2Cl)C1. The molecule has 1 aromatic carbocycles. The number of esters is 1. The van der Waals surface area contributed by atoms with Crippen LogP contribution in [-0.2, 0) is 19.6 Å². The van der Waals surface area contributed by atoms with E-state index in [9.17, 15) is 13.2 Å². The summed E-state index contributed by atoms with van der Waals surface area (Å²) >= 11 is 11.8. The lowest BCUT2D eigenvalue weighted by molar-refractivity contribution is -0.146. The second-order valence-corrected chi connectivity index (χ2v) is 7.55. The molecule has 0 spiro atoms. The number of carbonyl (C=O) groups excluding carboxylic acids is 1. The van der Waals surface area contributed by atoms with Gasteiger partial charge < -0.3 is 4.74 Å². The molecule has 0 unspecified atom stereocenters. The fourth-order valence-corrected chi connectivity index (χ4v) is 4.59. The topological polar surface area (TPSA) is 63.7 Å². The van der Waals surface area contributed by atoms with Crippen LogP contribution in [0.1, 0.15) is 12.8 Å². The number of sulfonamides is 1. The highest BCUT2D eigenvalue weighted by Gasteiger charge is 2.34. The second-order valence-electron chi connectivity index (χ2n) is 4.80. The molecule has 0 N–H and O–H groups in total. The lowest BCUT2D eigenvalue weighted by atomic mass is 10.0. The summed E-state index contributed by atoms with van der Waals surface area (Å²) in [5, 5.41) is 0.402. The number of ether oxygens (including phenoxy) is 1. The number of hydrogen-bond acceptors (Lipinski definition) is 4. The molecule has 1 heterocycles. The number of methoxy groups -OCH3 is 1. The highest BCUT2D eigenvalue weighted by Crippen LogP contribution is 2.30. The van der Waals surface area contributed by atoms with E-state index in [-0.39, 0.29) is 16.5 Å². The van der Waals surface area contributed by atoms with E-state index in [1.807, 2.05) is 0 Å². The summed E-state index contributed by atoms with van der Waals surface area (Å²) in [7, 11) is -2.49. The van der Waals surface area contributed by atoms with Crippen molar-refractivity contribution in [3.05, 3.63) is 28.2 Å². The van der Waals surface area contributed by atoms with Gasteiger partial charge in [-0.1, -0.05) is 23.2 Å². The number of hydrogen-bond donors (Lipinski definition) is 0. The third-order valence-corrected chi connectivity index (χ3v) is 6.01. The summed E-state index contributed by atoms with van der Waals surface area (Å²) in [5.74, 6) is -0.844. The summed E-state index contributed by atoms with van der Waals surface area (Å²) in [6.45, 7) is 0.441. The zero-order chi connectivity index (χ0) is 15.6. The normalized spacial score (nSPS) is 20.2. The number of rotatable bonds is 3. The van der Waals surface area contributed by atoms with Crippen LogP contribution in [0.2, 0.25) is 10.0 Å². The molecule has 5 nitrogen and oxygen atoms in total. The van der Waals surface area contributed by atoms with E-state index in [4.69, 9.17) is 27.9 Å². The molecule has 1 aliphatic heterocycles. The van der Waals surface area contributed by atoms with Crippen molar-refractivity contribution >= 4 is 39.2 Å². The average molecular weight is 352 g/mol. The van der Waals surface area contributed by atoms with E-state index < -0.39 is 21.9 Å². The number of piperidine rings is 1. The first kappa shape index (κ1) is 16.5. The van der Waals surface area contributed by atoms with E-state index in [0.717, 1.165) is 0 Å². The smallest absolute Gasteiger partial charge is 0.309 e. The predicted molar refractivity (Wildman–Crippen MR) is 80.0 cm³/mol. The molecule has 0 bridgehead atoms. The Balaban J connectivity index is 2.31. The van der Waals surface area contributed by atoms with Crippen molar-refractivity contribution in [1.82, 2.24) is 4.31 Å². The van der Waals surface area contributed by atoms with Crippen LogP contribution in [0.25, 0.3) is 0 Å². The molecule has 1 aliphatic rings. The number of benzene rings is 1. The fourth-order valence-electron chi connectivity index (χ4n) is 2.33. The monoisotopic (exact) mass is 351 g/mol. The highest BCUT2D eigenvalue weighted by atomic mass is 35.5. The van der Waals surface area contributed by atoms with Crippen LogP contribution in [0.15, 0.2) is 23.1 Å². The van der Waals surface area contributed by atoms with Crippen molar-refractivity contribution < 1.29 is 17.9 Å². The first-order chi connectivity index (χ1) is 9.86. The van der Waals surface area contributed by atoms with Gasteiger partial charge in [-0.2, -0.15) is 4.31 Å². The molecule has 116 valence electrons. The fraction of sp³-hybridized carbons (Fsp3) is 0.462. The number of nitrogens with zero attached hydrogens (tertiary/aromatic N) is 1. The van der Waals surface area contributed by atoms with Crippen molar-refractivity contribution in [3.8, 4) is 0 Å². The summed E-state index contributed by atoms with van der Waals surface area (Å²) in [6, 6.07) is 4.29. The lowest BCUT2D eigenvalue weighted by Crippen LogP contribution is -2.42. The molecule has 0 saturated carbocycles. The van der Waals surface area contributed by atoms with Crippen LogP contribution in [-0.4, -0.2) is 38.9 Å². The van der Waals surface area contributed by atoms with E-state index in [1.54, 1.807) is 0 Å². The van der Waals surface area contributed by atoms with Gasteiger partial charge in [0.2, 0.25) is 10.0 Å². The molecular weight excluding hydrogens is 337 g/mol. The Labute approximate surface area is 133 Å². The largest absolute Gasteiger partial charge is 0.469 e. The summed E-state index contributed by atoms with van der Waals surface area (Å²) in [5.41, 5.74) is 0. The van der Waals surface area contributed by atoms with Gasteiger partial charge in [0.05, 0.1) is 18.1 Å². The minimum Gasteiger partial charge on any atom is -0.469 e. The molecule has 1 aromatic rings. The molecule has 0 aromatic heterocycles. The Hall–Kier alpha value is -0.820. The van der Waals surface area contributed by atoms with Crippen molar-refractivity contribution in [2.45, 2.75) is 17.7 Å². The van der Waals surface area contributed by atoms with E-state index in [0.29, 0.717) is 24.4 Å². The minimum absolute atomic E-state index is 0.0396. The summed E-state index contributed by atoms with van der Waals surface area (Å²) in [4.78, 5) is 11.6. The van der Waals surface area contributed by atoms with Gasteiger partial charge in [0.15, 0.2) is 0 Å². The third-order valence-electron chi connectivity index (χ3n) is 3.43. The maximum absolute atomic E-state index is 12.6. The van der Waals surface area contributed by atoms with E-state index in [1.165, 1.54) is 29.6 Å². The maximum Gasteiger partial charge on any atom is 0.309 e. The molecule has 1 saturated heterocycles. The van der Waals surface area contributed by atoms with Crippen LogP contribution in [0.5, 0.6) is 0 Å². The Morgan fingerprint density at radius 2 is 2.10 bits per heavy atom. The Morgan fingerprint density at radius 1 is 1.38 bits per heavy atom. The first-order valence-corrected chi connectivity index (χ1v) is 8.59. The van der Waals surface area contributed by atoms with Crippen molar-refractivity contribution in [2.24, 2.45) is 5.92 Å². The summed E-state index contributed by atoms with van der Waals surface area (Å²) in [6.07, 6.45) is 1.21. The van der Waals surface area contributed by atoms with Gasteiger partial charge in [0, 0.05) is 18.1 Å². The van der Waals surface area contributed by atoms with Crippen LogP contribution in [0.4, 0.5) is 0 Å². The maximum atomic E-state index is 12.6. The molecule has 1 atom stereocenters. The van der Waals surface area contributed by atoms with Crippen LogP contribution < -0.4 is 0 Å². The third kappa shape index (κ3) is 3.51. The molecule has 8 heteroatoms.